The maximum absolute atomic E-state index is 6.95. The largest absolute Gasteiger partial charge is 0.457 e. The Balaban J connectivity index is 0.927. The fourth-order valence-corrected chi connectivity index (χ4v) is 17.8. The summed E-state index contributed by atoms with van der Waals surface area (Å²) in [5.74, 6) is 2.36. The maximum atomic E-state index is 6.95. The zero-order valence-electron chi connectivity index (χ0n) is 45.9. The lowest BCUT2D eigenvalue weighted by atomic mass is 9.88. The third kappa shape index (κ3) is 7.97. The number of imidazole rings is 1. The highest BCUT2D eigenvalue weighted by molar-refractivity contribution is 7.19. The van der Waals surface area contributed by atoms with Gasteiger partial charge in [0.15, 0.2) is 19.1 Å². The Morgan fingerprint density at radius 1 is 0.402 bits per heavy atom. The maximum Gasteiger partial charge on any atom is 0.255 e. The Kier molecular flexibility index (Phi) is 11.7. The zero-order valence-corrected chi connectivity index (χ0v) is 46.9. The summed E-state index contributed by atoms with van der Waals surface area (Å²) in [6.07, 6.45) is 4.23. The van der Waals surface area contributed by atoms with Gasteiger partial charge in [0.25, 0.3) is 6.33 Å². The monoisotopic (exact) mass is 1070 g/mol. The lowest BCUT2D eigenvalue weighted by Gasteiger charge is -2.34. The van der Waals surface area contributed by atoms with Gasteiger partial charge in [-0.25, -0.2) is 4.98 Å². The lowest BCUT2D eigenvalue weighted by Crippen LogP contribution is -2.74. The number of pyridine rings is 1. The molecule has 4 heterocycles. The Morgan fingerprint density at radius 3 is 1.62 bits per heavy atom. The van der Waals surface area contributed by atoms with Gasteiger partial charge in [-0.05, 0) is 114 Å². The van der Waals surface area contributed by atoms with Crippen molar-refractivity contribution in [2.75, 3.05) is 0 Å². The quantitative estimate of drug-likeness (QED) is 0.0820. The Bertz CT molecular complexity index is 4670. The van der Waals surface area contributed by atoms with E-state index in [0.717, 1.165) is 78.4 Å². The molecule has 6 heteroatoms. The number of aromatic nitrogens is 4. The highest BCUT2D eigenvalue weighted by atomic mass is 28.3. The van der Waals surface area contributed by atoms with E-state index in [9.17, 15) is 0 Å². The molecule has 0 amide bonds. The van der Waals surface area contributed by atoms with Gasteiger partial charge in [-0.1, -0.05) is 233 Å². The molecule has 3 aromatic heterocycles. The van der Waals surface area contributed by atoms with Crippen LogP contribution in [0.25, 0.3) is 94.5 Å². The minimum Gasteiger partial charge on any atom is -0.457 e. The number of fused-ring (bicyclic) bond motifs is 10. The third-order valence-electron chi connectivity index (χ3n) is 16.8. The van der Waals surface area contributed by atoms with Crippen LogP contribution in [-0.4, -0.2) is 22.2 Å². The first-order valence-corrected chi connectivity index (χ1v) is 30.3. The molecule has 0 saturated heterocycles. The van der Waals surface area contributed by atoms with Crippen molar-refractivity contribution in [2.45, 2.75) is 26.2 Å². The van der Waals surface area contributed by atoms with Crippen molar-refractivity contribution < 1.29 is 9.30 Å². The predicted molar refractivity (Wildman–Crippen MR) is 341 cm³/mol. The second-order valence-electron chi connectivity index (χ2n) is 22.5. The average molecular weight is 1070 g/mol. The summed E-state index contributed by atoms with van der Waals surface area (Å²) in [6.45, 7) is 6.74. The molecule has 0 saturated carbocycles. The van der Waals surface area contributed by atoms with Crippen LogP contribution >= 0.6 is 0 Å². The smallest absolute Gasteiger partial charge is 0.255 e. The van der Waals surface area contributed by atoms with Crippen molar-refractivity contribution in [2.24, 2.45) is 0 Å². The SMILES string of the molecule is CC(C)(C)c1ccnc(-n2c3ccccc3c3ccc(Oc4cccc(-n5c[n+]6c7c(cccc75)-c5ccccc5-c5ccccc5-c5cccc(-c7cccc([Si](c8ccccc8)(c8ccccc8)c8ccccc8)c7)c5-6)c4)cc32)c1. The first-order valence-electron chi connectivity index (χ1n) is 28.3. The summed E-state index contributed by atoms with van der Waals surface area (Å²) in [6, 6.07) is 102. The van der Waals surface area contributed by atoms with Gasteiger partial charge < -0.3 is 4.74 Å². The minimum atomic E-state index is -2.88. The second-order valence-corrected chi connectivity index (χ2v) is 26.3. The van der Waals surface area contributed by atoms with Crippen LogP contribution in [0.1, 0.15) is 26.3 Å². The Labute approximate surface area is 478 Å². The summed E-state index contributed by atoms with van der Waals surface area (Å²) in [7, 11) is -2.88. The predicted octanol–water partition coefficient (Wildman–Crippen LogP) is 15.8. The molecule has 0 aliphatic carbocycles. The molecule has 1 aliphatic rings. The van der Waals surface area contributed by atoms with E-state index < -0.39 is 8.07 Å². The first-order chi connectivity index (χ1) is 40.3. The summed E-state index contributed by atoms with van der Waals surface area (Å²) in [4.78, 5) is 4.94. The molecule has 0 fully saturated rings. The van der Waals surface area contributed by atoms with Crippen LogP contribution in [0.15, 0.2) is 292 Å². The summed E-state index contributed by atoms with van der Waals surface area (Å²) in [5.41, 5.74) is 17.0. The fourth-order valence-electron chi connectivity index (χ4n) is 13.1. The fraction of sp³-hybridized carbons (Fsp3) is 0.0526. The molecule has 82 heavy (non-hydrogen) atoms. The van der Waals surface area contributed by atoms with Crippen molar-refractivity contribution in [1.82, 2.24) is 14.1 Å². The van der Waals surface area contributed by atoms with Crippen molar-refractivity contribution in [3.63, 3.8) is 0 Å². The Hall–Kier alpha value is -10.1. The highest BCUT2D eigenvalue weighted by Gasteiger charge is 2.42. The molecule has 0 bridgehead atoms. The number of hydrogen-bond donors (Lipinski definition) is 0. The van der Waals surface area contributed by atoms with Gasteiger partial charge in [-0.15, -0.1) is 0 Å². The molecule has 390 valence electrons. The molecule has 0 radical (unpaired) electrons. The summed E-state index contributed by atoms with van der Waals surface area (Å²) < 4.78 is 14.0. The topological polar surface area (TPSA) is 35.9 Å². The molecule has 5 nitrogen and oxygen atoms in total. The van der Waals surface area contributed by atoms with Gasteiger partial charge in [0.1, 0.15) is 28.7 Å². The van der Waals surface area contributed by atoms with Gasteiger partial charge in [-0.2, -0.15) is 9.13 Å². The van der Waals surface area contributed by atoms with E-state index in [1.54, 1.807) is 0 Å². The number of nitrogens with zero attached hydrogens (tertiary/aromatic N) is 4. The average Bonchev–Trinajstić information content (AvgIpc) is 4.07. The van der Waals surface area contributed by atoms with Crippen LogP contribution < -0.4 is 30.1 Å². The van der Waals surface area contributed by atoms with E-state index in [-0.39, 0.29) is 5.41 Å². The normalized spacial score (nSPS) is 12.1. The molecule has 1 aliphatic heterocycles. The lowest BCUT2D eigenvalue weighted by molar-refractivity contribution is -0.566. The molecule has 11 aromatic carbocycles. The van der Waals surface area contributed by atoms with Crippen LogP contribution in [0.5, 0.6) is 11.5 Å². The number of benzene rings is 11. The van der Waals surface area contributed by atoms with Crippen LogP contribution in [0.4, 0.5) is 0 Å². The zero-order chi connectivity index (χ0) is 54.9. The summed E-state index contributed by atoms with van der Waals surface area (Å²) >= 11 is 0. The van der Waals surface area contributed by atoms with E-state index in [0.29, 0.717) is 0 Å². The molecule has 0 N–H and O–H groups in total. The van der Waals surface area contributed by atoms with E-state index in [2.05, 4.69) is 320 Å². The third-order valence-corrected chi connectivity index (χ3v) is 21.6. The second kappa shape index (κ2) is 19.6. The van der Waals surface area contributed by atoms with Gasteiger partial charge >= 0.3 is 0 Å². The molecular formula is C76H57N4OSi+. The first kappa shape index (κ1) is 48.9. The van der Waals surface area contributed by atoms with Crippen molar-refractivity contribution in [1.29, 1.82) is 0 Å². The van der Waals surface area contributed by atoms with E-state index >= 15 is 0 Å². The standard InChI is InChI=1S/C76H57N4OSi/c1-76(2,3)53-45-46-77-73(48-53)80-70-41-18-17-37-66(70)67-44-43-56(50-72(67)80)81-55-25-20-24-54(49-55)78-51-79-74-61(38-21-39-68(74)64-35-15-13-33-62(64)63-34-14-16-36-65(63)69-40-22-42-71(78)75(69)79)52-23-19-32-60(47-52)82(57-26-7-4-8-27-57,58-28-9-5-10-29-58)59-30-11-6-12-31-59/h4-51H,1-3H3/q+1. The molecule has 14 aromatic rings. The molecule has 0 spiro atoms. The van der Waals surface area contributed by atoms with Crippen molar-refractivity contribution >= 4 is 61.7 Å². The van der Waals surface area contributed by atoms with Crippen molar-refractivity contribution in [3.8, 4) is 73.2 Å². The Morgan fingerprint density at radius 2 is 0.927 bits per heavy atom. The van der Waals surface area contributed by atoms with Crippen molar-refractivity contribution in [3.05, 3.63) is 297 Å². The molecule has 15 rings (SSSR count). The van der Waals surface area contributed by atoms with E-state index in [1.165, 1.54) is 54.0 Å². The van der Waals surface area contributed by atoms with Crippen LogP contribution in [-0.2, 0) is 5.41 Å². The van der Waals surface area contributed by atoms with Gasteiger partial charge in [-0.3, -0.25) is 4.57 Å². The number of hydrogen-bond acceptors (Lipinski definition) is 2. The van der Waals surface area contributed by atoms with Gasteiger partial charge in [0, 0.05) is 45.8 Å². The molecule has 0 atom stereocenters. The number of para-hydroxylation sites is 3. The van der Waals surface area contributed by atoms with Gasteiger partial charge in [0.2, 0.25) is 0 Å². The highest BCUT2D eigenvalue weighted by Crippen LogP contribution is 2.45. The van der Waals surface area contributed by atoms with E-state index in [1.807, 2.05) is 6.20 Å². The summed E-state index contributed by atoms with van der Waals surface area (Å²) in [5, 5.41) is 7.66. The minimum absolute atomic E-state index is 0.0337. The van der Waals surface area contributed by atoms with Crippen LogP contribution in [0.3, 0.4) is 0 Å². The van der Waals surface area contributed by atoms with Crippen LogP contribution in [0.2, 0.25) is 0 Å². The number of rotatable bonds is 9. The van der Waals surface area contributed by atoms with Crippen LogP contribution in [0, 0.1) is 0 Å². The molecule has 0 unspecified atom stereocenters. The van der Waals surface area contributed by atoms with E-state index in [4.69, 9.17) is 9.72 Å². The van der Waals surface area contributed by atoms with Gasteiger partial charge in [0.05, 0.1) is 11.0 Å². The number of ether oxygens (including phenoxy) is 1. The molecular weight excluding hydrogens is 1010 g/mol.